The monoisotopic (exact) mass is 268 g/mol. The third-order valence-electron chi connectivity index (χ3n) is 2.68. The SMILES string of the molecule is Cc1ccc(NC(=O)CC[C@H](N)C(=O)O)c(CF)c1. The van der Waals surface area contributed by atoms with Crippen LogP contribution in [0, 0.1) is 6.92 Å². The number of carboxylic acid groups (broad SMARTS) is 1. The first kappa shape index (κ1) is 15.1. The second-order valence-electron chi connectivity index (χ2n) is 4.33. The summed E-state index contributed by atoms with van der Waals surface area (Å²) in [6.45, 7) is 1.16. The number of carbonyl (C=O) groups is 2. The van der Waals surface area contributed by atoms with Crippen molar-refractivity contribution in [2.45, 2.75) is 32.5 Å². The number of aryl methyl sites for hydroxylation is 1. The highest BCUT2D eigenvalue weighted by Gasteiger charge is 2.14. The van der Waals surface area contributed by atoms with E-state index in [9.17, 15) is 14.0 Å². The van der Waals surface area contributed by atoms with Crippen LogP contribution in [0.15, 0.2) is 18.2 Å². The molecule has 0 aromatic heterocycles. The largest absolute Gasteiger partial charge is 0.480 e. The molecule has 4 N–H and O–H groups in total. The minimum absolute atomic E-state index is 0.0208. The Morgan fingerprint density at radius 1 is 1.47 bits per heavy atom. The van der Waals surface area contributed by atoms with E-state index in [1.807, 2.05) is 6.92 Å². The summed E-state index contributed by atoms with van der Waals surface area (Å²) >= 11 is 0. The summed E-state index contributed by atoms with van der Waals surface area (Å²) in [7, 11) is 0. The number of hydrogen-bond acceptors (Lipinski definition) is 3. The van der Waals surface area contributed by atoms with E-state index in [-0.39, 0.29) is 18.7 Å². The zero-order chi connectivity index (χ0) is 14.4. The van der Waals surface area contributed by atoms with Crippen molar-refractivity contribution in [1.29, 1.82) is 0 Å². The van der Waals surface area contributed by atoms with Gasteiger partial charge in [0.15, 0.2) is 0 Å². The maximum absolute atomic E-state index is 12.8. The van der Waals surface area contributed by atoms with E-state index < -0.39 is 18.7 Å². The Morgan fingerprint density at radius 3 is 2.74 bits per heavy atom. The highest BCUT2D eigenvalue weighted by molar-refractivity contribution is 5.91. The van der Waals surface area contributed by atoms with Crippen LogP contribution in [-0.2, 0) is 16.3 Å². The number of carbonyl (C=O) groups excluding carboxylic acids is 1. The zero-order valence-electron chi connectivity index (χ0n) is 10.6. The predicted molar refractivity (Wildman–Crippen MR) is 69.5 cm³/mol. The molecule has 1 aromatic carbocycles. The van der Waals surface area contributed by atoms with Crippen molar-refractivity contribution in [2.24, 2.45) is 5.73 Å². The molecule has 0 saturated heterocycles. The molecule has 0 spiro atoms. The smallest absolute Gasteiger partial charge is 0.320 e. The number of nitrogens with one attached hydrogen (secondary N) is 1. The number of alkyl halides is 1. The van der Waals surface area contributed by atoms with Crippen molar-refractivity contribution in [1.82, 2.24) is 0 Å². The van der Waals surface area contributed by atoms with E-state index in [4.69, 9.17) is 10.8 Å². The first-order valence-corrected chi connectivity index (χ1v) is 5.87. The average molecular weight is 268 g/mol. The van der Waals surface area contributed by atoms with Gasteiger partial charge in [0.05, 0.1) is 0 Å². The highest BCUT2D eigenvalue weighted by Crippen LogP contribution is 2.18. The Hall–Kier alpha value is -1.95. The number of benzene rings is 1. The molecule has 0 saturated carbocycles. The number of hydrogen-bond donors (Lipinski definition) is 3. The topological polar surface area (TPSA) is 92.4 Å². The summed E-state index contributed by atoms with van der Waals surface area (Å²) in [4.78, 5) is 22.1. The van der Waals surface area contributed by atoms with Gasteiger partial charge in [0.25, 0.3) is 0 Å². The molecule has 1 amide bonds. The molecule has 0 aliphatic heterocycles. The van der Waals surface area contributed by atoms with Crippen molar-refractivity contribution in [2.75, 3.05) is 5.32 Å². The fraction of sp³-hybridized carbons (Fsp3) is 0.385. The predicted octanol–water partition coefficient (Wildman–Crippen LogP) is 1.60. The lowest BCUT2D eigenvalue weighted by atomic mass is 10.1. The molecule has 19 heavy (non-hydrogen) atoms. The number of carboxylic acids is 1. The Labute approximate surface area is 110 Å². The van der Waals surface area contributed by atoms with Crippen molar-refractivity contribution in [3.8, 4) is 0 Å². The highest BCUT2D eigenvalue weighted by atomic mass is 19.1. The Balaban J connectivity index is 2.60. The summed E-state index contributed by atoms with van der Waals surface area (Å²) in [5, 5.41) is 11.1. The van der Waals surface area contributed by atoms with Gasteiger partial charge in [-0.05, 0) is 19.4 Å². The zero-order valence-corrected chi connectivity index (χ0v) is 10.6. The normalized spacial score (nSPS) is 11.9. The first-order valence-electron chi connectivity index (χ1n) is 5.87. The third-order valence-corrected chi connectivity index (χ3v) is 2.68. The molecule has 0 heterocycles. The standard InChI is InChI=1S/C13H17FN2O3/c1-8-2-4-11(9(6-8)7-14)16-12(17)5-3-10(15)13(18)19/h2,4,6,10H,3,5,7,15H2,1H3,(H,16,17)(H,18,19)/t10-/m0/s1. The summed E-state index contributed by atoms with van der Waals surface area (Å²) < 4.78 is 12.8. The van der Waals surface area contributed by atoms with E-state index >= 15 is 0 Å². The van der Waals surface area contributed by atoms with Gasteiger partial charge in [-0.3, -0.25) is 9.59 Å². The Morgan fingerprint density at radius 2 is 2.16 bits per heavy atom. The minimum Gasteiger partial charge on any atom is -0.480 e. The maximum Gasteiger partial charge on any atom is 0.320 e. The van der Waals surface area contributed by atoms with Crippen LogP contribution in [0.4, 0.5) is 10.1 Å². The molecule has 5 nitrogen and oxygen atoms in total. The van der Waals surface area contributed by atoms with E-state index in [0.29, 0.717) is 11.3 Å². The summed E-state index contributed by atoms with van der Waals surface area (Å²) in [6, 6.07) is 3.97. The Kier molecular flexibility index (Phi) is 5.44. The van der Waals surface area contributed by atoms with Gasteiger partial charge in [-0.15, -0.1) is 0 Å². The molecular formula is C13H17FN2O3. The number of amides is 1. The molecule has 6 heteroatoms. The van der Waals surface area contributed by atoms with Crippen molar-refractivity contribution >= 4 is 17.6 Å². The second kappa shape index (κ2) is 6.84. The van der Waals surface area contributed by atoms with E-state index in [0.717, 1.165) is 5.56 Å². The average Bonchev–Trinajstić information content (AvgIpc) is 2.37. The van der Waals surface area contributed by atoms with Crippen LogP contribution in [0.2, 0.25) is 0 Å². The van der Waals surface area contributed by atoms with Gasteiger partial charge in [0.2, 0.25) is 5.91 Å². The number of nitrogens with two attached hydrogens (primary N) is 1. The molecule has 0 unspecified atom stereocenters. The van der Waals surface area contributed by atoms with Crippen LogP contribution in [0.25, 0.3) is 0 Å². The number of anilines is 1. The van der Waals surface area contributed by atoms with Gasteiger partial charge in [-0.25, -0.2) is 4.39 Å². The van der Waals surface area contributed by atoms with Gasteiger partial charge in [0.1, 0.15) is 12.7 Å². The van der Waals surface area contributed by atoms with Gasteiger partial charge >= 0.3 is 5.97 Å². The molecule has 0 radical (unpaired) electrons. The van der Waals surface area contributed by atoms with Crippen LogP contribution in [0.3, 0.4) is 0 Å². The minimum atomic E-state index is -1.15. The van der Waals surface area contributed by atoms with Crippen molar-refractivity contribution in [3.05, 3.63) is 29.3 Å². The van der Waals surface area contributed by atoms with E-state index in [2.05, 4.69) is 5.32 Å². The van der Waals surface area contributed by atoms with Crippen LogP contribution < -0.4 is 11.1 Å². The fourth-order valence-electron chi connectivity index (χ4n) is 1.58. The summed E-state index contributed by atoms with van der Waals surface area (Å²) in [5.41, 5.74) is 7.00. The molecule has 0 bridgehead atoms. The molecule has 104 valence electrons. The molecule has 0 aliphatic carbocycles. The number of aliphatic carboxylic acids is 1. The summed E-state index contributed by atoms with van der Waals surface area (Å²) in [6.07, 6.45) is 0.0189. The lowest BCUT2D eigenvalue weighted by molar-refractivity contribution is -0.138. The van der Waals surface area contributed by atoms with Gasteiger partial charge < -0.3 is 16.2 Å². The van der Waals surface area contributed by atoms with Gasteiger partial charge in [0, 0.05) is 17.7 Å². The Bertz CT molecular complexity index is 477. The number of rotatable bonds is 6. The second-order valence-corrected chi connectivity index (χ2v) is 4.33. The van der Waals surface area contributed by atoms with Crippen molar-refractivity contribution < 1.29 is 19.1 Å². The fourth-order valence-corrected chi connectivity index (χ4v) is 1.58. The van der Waals surface area contributed by atoms with Crippen LogP contribution in [0.1, 0.15) is 24.0 Å². The lowest BCUT2D eigenvalue weighted by Crippen LogP contribution is -2.31. The van der Waals surface area contributed by atoms with Crippen molar-refractivity contribution in [3.63, 3.8) is 0 Å². The number of halogens is 1. The summed E-state index contributed by atoms with van der Waals surface area (Å²) in [5.74, 6) is -1.53. The van der Waals surface area contributed by atoms with Gasteiger partial charge in [-0.1, -0.05) is 17.7 Å². The van der Waals surface area contributed by atoms with Crippen LogP contribution in [0.5, 0.6) is 0 Å². The maximum atomic E-state index is 12.8. The molecule has 1 aromatic rings. The third kappa shape index (κ3) is 4.67. The quantitative estimate of drug-likeness (QED) is 0.730. The first-order chi connectivity index (χ1) is 8.93. The molecule has 1 atom stereocenters. The lowest BCUT2D eigenvalue weighted by Gasteiger charge is -2.10. The van der Waals surface area contributed by atoms with Gasteiger partial charge in [-0.2, -0.15) is 0 Å². The van der Waals surface area contributed by atoms with Crippen LogP contribution in [-0.4, -0.2) is 23.0 Å². The molecular weight excluding hydrogens is 251 g/mol. The van der Waals surface area contributed by atoms with E-state index in [1.54, 1.807) is 18.2 Å². The molecule has 0 fully saturated rings. The molecule has 1 rings (SSSR count). The van der Waals surface area contributed by atoms with E-state index in [1.165, 1.54) is 0 Å². The van der Waals surface area contributed by atoms with Crippen LogP contribution >= 0.6 is 0 Å². The molecule has 0 aliphatic rings.